The number of pyridine rings is 1. The number of aliphatic imine (C=N–C) groups is 1. The zero-order chi connectivity index (χ0) is 13.9. The van der Waals surface area contributed by atoms with E-state index in [-0.39, 0.29) is 11.1 Å². The number of guanidine groups is 1. The maximum absolute atomic E-state index is 11.9. The van der Waals surface area contributed by atoms with Crippen LogP contribution < -0.4 is 16.6 Å². The Kier molecular flexibility index (Phi) is 4.16. The van der Waals surface area contributed by atoms with E-state index in [0.717, 1.165) is 5.69 Å². The minimum Gasteiger partial charge on any atom is -0.370 e. The molecule has 0 aromatic carbocycles. The highest BCUT2D eigenvalue weighted by Gasteiger charge is 2.10. The van der Waals surface area contributed by atoms with Gasteiger partial charge >= 0.3 is 0 Å². The molecule has 0 unspecified atom stereocenters. The van der Waals surface area contributed by atoms with E-state index in [1.165, 1.54) is 0 Å². The SMILES string of the molecule is Cc1ccc(CN=C(N)NC(C)(C)C)c(=O)n1C. The standard InChI is InChI=1S/C13H22N4O/c1-9-6-7-10(11(18)17(9)5)8-15-12(14)16-13(2,3)4/h6-7H,8H2,1-5H3,(H3,14,15,16). The molecule has 1 heterocycles. The molecular formula is C13H22N4O. The van der Waals surface area contributed by atoms with Crippen LogP contribution in [0.2, 0.25) is 0 Å². The summed E-state index contributed by atoms with van der Waals surface area (Å²) in [6, 6.07) is 3.70. The minimum absolute atomic E-state index is 0.0256. The Balaban J connectivity index is 2.84. The van der Waals surface area contributed by atoms with Crippen molar-refractivity contribution in [2.24, 2.45) is 17.8 Å². The van der Waals surface area contributed by atoms with Gasteiger partial charge in [-0.2, -0.15) is 0 Å². The summed E-state index contributed by atoms with van der Waals surface area (Å²) in [6.45, 7) is 8.19. The van der Waals surface area contributed by atoms with Gasteiger partial charge in [-0.3, -0.25) is 4.79 Å². The second-order valence-corrected chi connectivity index (χ2v) is 5.44. The molecule has 0 saturated carbocycles. The first kappa shape index (κ1) is 14.3. The van der Waals surface area contributed by atoms with Gasteiger partial charge < -0.3 is 15.6 Å². The Morgan fingerprint density at radius 2 is 2.06 bits per heavy atom. The molecule has 1 rings (SSSR count). The van der Waals surface area contributed by atoms with Gasteiger partial charge in [0.15, 0.2) is 5.96 Å². The Labute approximate surface area is 108 Å². The molecule has 0 amide bonds. The number of nitrogens with zero attached hydrogens (tertiary/aromatic N) is 2. The molecule has 0 aliphatic carbocycles. The summed E-state index contributed by atoms with van der Waals surface area (Å²) in [5.74, 6) is 0.352. The van der Waals surface area contributed by atoms with Crippen LogP contribution in [-0.4, -0.2) is 16.1 Å². The zero-order valence-corrected chi connectivity index (χ0v) is 11.7. The molecular weight excluding hydrogens is 228 g/mol. The quantitative estimate of drug-likeness (QED) is 0.605. The van der Waals surface area contributed by atoms with E-state index in [1.807, 2.05) is 33.8 Å². The normalized spacial score (nSPS) is 12.6. The maximum Gasteiger partial charge on any atom is 0.255 e. The Hall–Kier alpha value is -1.78. The molecule has 0 bridgehead atoms. The van der Waals surface area contributed by atoms with Gasteiger partial charge in [0.2, 0.25) is 0 Å². The molecule has 1 aromatic heterocycles. The van der Waals surface area contributed by atoms with Gasteiger partial charge in [0, 0.05) is 23.8 Å². The van der Waals surface area contributed by atoms with Gasteiger partial charge in [-0.15, -0.1) is 0 Å². The van der Waals surface area contributed by atoms with Crippen LogP contribution in [0.1, 0.15) is 32.0 Å². The topological polar surface area (TPSA) is 72.4 Å². The number of aryl methyl sites for hydroxylation is 1. The van der Waals surface area contributed by atoms with Crippen LogP contribution in [0, 0.1) is 6.92 Å². The molecule has 5 heteroatoms. The first-order valence-corrected chi connectivity index (χ1v) is 5.94. The van der Waals surface area contributed by atoms with Crippen molar-refractivity contribution in [3.8, 4) is 0 Å². The van der Waals surface area contributed by atoms with Crippen molar-refractivity contribution in [1.82, 2.24) is 9.88 Å². The average molecular weight is 250 g/mol. The van der Waals surface area contributed by atoms with E-state index < -0.39 is 0 Å². The Bertz CT molecular complexity index is 509. The van der Waals surface area contributed by atoms with Crippen LogP contribution in [-0.2, 0) is 13.6 Å². The summed E-state index contributed by atoms with van der Waals surface area (Å²) in [5, 5.41) is 3.05. The highest BCUT2D eigenvalue weighted by Crippen LogP contribution is 2.00. The van der Waals surface area contributed by atoms with E-state index >= 15 is 0 Å². The van der Waals surface area contributed by atoms with Crippen molar-refractivity contribution in [3.63, 3.8) is 0 Å². The van der Waals surface area contributed by atoms with Crippen molar-refractivity contribution in [1.29, 1.82) is 0 Å². The third kappa shape index (κ3) is 3.91. The maximum atomic E-state index is 11.9. The van der Waals surface area contributed by atoms with Gasteiger partial charge in [-0.05, 0) is 39.8 Å². The van der Waals surface area contributed by atoms with Crippen LogP contribution in [0.15, 0.2) is 21.9 Å². The fourth-order valence-corrected chi connectivity index (χ4v) is 1.49. The number of nitrogens with one attached hydrogen (secondary N) is 1. The number of nitrogens with two attached hydrogens (primary N) is 1. The molecule has 3 N–H and O–H groups in total. The lowest BCUT2D eigenvalue weighted by atomic mass is 10.1. The highest BCUT2D eigenvalue weighted by atomic mass is 16.1. The molecule has 1 aromatic rings. The average Bonchev–Trinajstić information content (AvgIpc) is 2.22. The zero-order valence-electron chi connectivity index (χ0n) is 11.7. The largest absolute Gasteiger partial charge is 0.370 e. The molecule has 0 fully saturated rings. The molecule has 0 aliphatic rings. The molecule has 0 aliphatic heterocycles. The monoisotopic (exact) mass is 250 g/mol. The fourth-order valence-electron chi connectivity index (χ4n) is 1.49. The number of aromatic nitrogens is 1. The third-order valence-electron chi connectivity index (χ3n) is 2.56. The van der Waals surface area contributed by atoms with Gasteiger partial charge in [-0.1, -0.05) is 0 Å². The second-order valence-electron chi connectivity index (χ2n) is 5.44. The lowest BCUT2D eigenvalue weighted by Crippen LogP contribution is -2.45. The first-order valence-electron chi connectivity index (χ1n) is 5.94. The van der Waals surface area contributed by atoms with E-state index in [0.29, 0.717) is 18.1 Å². The predicted molar refractivity (Wildman–Crippen MR) is 74.6 cm³/mol. The van der Waals surface area contributed by atoms with Gasteiger partial charge in [0.1, 0.15) is 0 Å². The molecule has 18 heavy (non-hydrogen) atoms. The number of hydrogen-bond donors (Lipinski definition) is 2. The van der Waals surface area contributed by atoms with Gasteiger partial charge in [0.05, 0.1) is 6.54 Å². The second kappa shape index (κ2) is 5.25. The lowest BCUT2D eigenvalue weighted by molar-refractivity contribution is 0.508. The van der Waals surface area contributed by atoms with Crippen molar-refractivity contribution >= 4 is 5.96 Å². The fraction of sp³-hybridized carbons (Fsp3) is 0.538. The van der Waals surface area contributed by atoms with Crippen molar-refractivity contribution in [2.75, 3.05) is 0 Å². The molecule has 0 saturated heterocycles. The molecule has 5 nitrogen and oxygen atoms in total. The van der Waals surface area contributed by atoms with Crippen LogP contribution >= 0.6 is 0 Å². The summed E-state index contributed by atoms with van der Waals surface area (Å²) in [4.78, 5) is 16.1. The highest BCUT2D eigenvalue weighted by molar-refractivity contribution is 5.78. The van der Waals surface area contributed by atoms with Crippen molar-refractivity contribution in [2.45, 2.75) is 39.8 Å². The van der Waals surface area contributed by atoms with Crippen LogP contribution in [0.3, 0.4) is 0 Å². The van der Waals surface area contributed by atoms with Crippen LogP contribution in [0.4, 0.5) is 0 Å². The smallest absolute Gasteiger partial charge is 0.255 e. The van der Waals surface area contributed by atoms with E-state index in [2.05, 4.69) is 10.3 Å². The van der Waals surface area contributed by atoms with E-state index in [1.54, 1.807) is 17.7 Å². The molecule has 0 atom stereocenters. The van der Waals surface area contributed by atoms with Crippen LogP contribution in [0.25, 0.3) is 0 Å². The molecule has 0 spiro atoms. The first-order chi connectivity index (χ1) is 8.20. The number of rotatable bonds is 2. The van der Waals surface area contributed by atoms with Gasteiger partial charge in [0.25, 0.3) is 5.56 Å². The predicted octanol–water partition coefficient (Wildman–Crippen LogP) is 0.897. The summed E-state index contributed by atoms with van der Waals surface area (Å²) in [7, 11) is 1.75. The van der Waals surface area contributed by atoms with Crippen molar-refractivity contribution < 1.29 is 0 Å². The Morgan fingerprint density at radius 1 is 1.44 bits per heavy atom. The van der Waals surface area contributed by atoms with Gasteiger partial charge in [-0.25, -0.2) is 4.99 Å². The van der Waals surface area contributed by atoms with E-state index in [4.69, 9.17) is 5.73 Å². The van der Waals surface area contributed by atoms with E-state index in [9.17, 15) is 4.79 Å². The lowest BCUT2D eigenvalue weighted by Gasteiger charge is -2.20. The van der Waals surface area contributed by atoms with Crippen LogP contribution in [0.5, 0.6) is 0 Å². The minimum atomic E-state index is -0.133. The third-order valence-corrected chi connectivity index (χ3v) is 2.56. The summed E-state index contributed by atoms with van der Waals surface area (Å²) in [5.41, 5.74) is 7.16. The summed E-state index contributed by atoms with van der Waals surface area (Å²) >= 11 is 0. The van der Waals surface area contributed by atoms with Crippen molar-refractivity contribution in [3.05, 3.63) is 33.7 Å². The Morgan fingerprint density at radius 3 is 2.61 bits per heavy atom. The summed E-state index contributed by atoms with van der Waals surface area (Å²) < 4.78 is 1.61. The number of hydrogen-bond acceptors (Lipinski definition) is 2. The molecule has 100 valence electrons. The molecule has 0 radical (unpaired) electrons. The summed E-state index contributed by atoms with van der Waals surface area (Å²) in [6.07, 6.45) is 0.